The van der Waals surface area contributed by atoms with E-state index in [-0.39, 0.29) is 0 Å². The molecule has 1 heterocycles. The van der Waals surface area contributed by atoms with Gasteiger partial charge >= 0.3 is 0 Å². The van der Waals surface area contributed by atoms with Gasteiger partial charge in [0, 0.05) is 11.6 Å². The third-order valence-corrected chi connectivity index (χ3v) is 3.15. The Morgan fingerprint density at radius 3 is 2.62 bits per heavy atom. The monoisotopic (exact) mass is 281 g/mol. The number of rotatable bonds is 4. The van der Waals surface area contributed by atoms with Gasteiger partial charge in [-0.05, 0) is 36.4 Å². The molecule has 4 heteroatoms. The Balaban J connectivity index is 1.94. The van der Waals surface area contributed by atoms with Gasteiger partial charge in [0.1, 0.15) is 17.0 Å². The molecule has 0 saturated carbocycles. The fraction of sp³-hybridized carbons (Fsp3) is 0.118. The number of oxazole rings is 1. The lowest BCUT2D eigenvalue weighted by Crippen LogP contribution is -1.89. The minimum atomic E-state index is 0.557. The zero-order valence-corrected chi connectivity index (χ0v) is 11.9. The number of hydrogen-bond acceptors (Lipinski definition) is 4. The Bertz CT molecular complexity index is 757. The Kier molecular flexibility index (Phi) is 3.60. The highest BCUT2D eigenvalue weighted by Gasteiger charge is 2.04. The molecule has 0 N–H and O–H groups in total. The molecule has 0 aliphatic rings. The molecule has 0 bridgehead atoms. The number of nitrogens with zero attached hydrogens (tertiary/aromatic N) is 1. The summed E-state index contributed by atoms with van der Waals surface area (Å²) < 4.78 is 16.2. The van der Waals surface area contributed by atoms with Crippen molar-refractivity contribution in [3.8, 4) is 11.5 Å². The quantitative estimate of drug-likeness (QED) is 0.724. The minimum Gasteiger partial charge on any atom is -0.497 e. The molecule has 4 nitrogen and oxygen atoms in total. The van der Waals surface area contributed by atoms with Gasteiger partial charge in [0.15, 0.2) is 5.58 Å². The van der Waals surface area contributed by atoms with E-state index in [4.69, 9.17) is 13.9 Å². The van der Waals surface area contributed by atoms with Crippen LogP contribution < -0.4 is 9.47 Å². The van der Waals surface area contributed by atoms with Gasteiger partial charge < -0.3 is 13.9 Å². The molecule has 0 amide bonds. The van der Waals surface area contributed by atoms with Crippen LogP contribution in [0.15, 0.2) is 46.9 Å². The second-order valence-electron chi connectivity index (χ2n) is 4.46. The summed E-state index contributed by atoms with van der Waals surface area (Å²) >= 11 is 0. The van der Waals surface area contributed by atoms with Crippen LogP contribution in [0.4, 0.5) is 0 Å². The van der Waals surface area contributed by atoms with Crippen LogP contribution in [-0.2, 0) is 0 Å². The van der Waals surface area contributed by atoms with Crippen LogP contribution >= 0.6 is 0 Å². The molecule has 2 aromatic carbocycles. The van der Waals surface area contributed by atoms with Crippen molar-refractivity contribution in [1.29, 1.82) is 0 Å². The van der Waals surface area contributed by atoms with Crippen molar-refractivity contribution in [3.63, 3.8) is 0 Å². The highest BCUT2D eigenvalue weighted by Crippen LogP contribution is 2.26. The number of benzene rings is 2. The van der Waals surface area contributed by atoms with Gasteiger partial charge in [-0.2, -0.15) is 0 Å². The van der Waals surface area contributed by atoms with Crippen LogP contribution in [0.25, 0.3) is 23.3 Å². The average molecular weight is 281 g/mol. The standard InChI is InChI=1S/C17H15NO3/c1-19-13-8-9-15(20-2)12(11-13)7-10-17-18-14-5-3-4-6-16(14)21-17/h3-11H,1-2H3/b10-7+. The van der Waals surface area contributed by atoms with Crippen molar-refractivity contribution in [1.82, 2.24) is 4.98 Å². The Hall–Kier alpha value is -2.75. The summed E-state index contributed by atoms with van der Waals surface area (Å²) in [5, 5.41) is 0. The fourth-order valence-corrected chi connectivity index (χ4v) is 2.09. The first-order valence-electron chi connectivity index (χ1n) is 6.56. The van der Waals surface area contributed by atoms with Gasteiger partial charge in [-0.3, -0.25) is 0 Å². The molecule has 0 saturated heterocycles. The molecular weight excluding hydrogens is 266 g/mol. The molecular formula is C17H15NO3. The van der Waals surface area contributed by atoms with Crippen LogP contribution in [0, 0.1) is 0 Å². The lowest BCUT2D eigenvalue weighted by atomic mass is 10.1. The normalized spacial score (nSPS) is 11.1. The number of hydrogen-bond donors (Lipinski definition) is 0. The first-order valence-corrected chi connectivity index (χ1v) is 6.56. The van der Waals surface area contributed by atoms with E-state index in [0.29, 0.717) is 5.89 Å². The maximum absolute atomic E-state index is 5.65. The van der Waals surface area contributed by atoms with Crippen molar-refractivity contribution >= 4 is 23.3 Å². The van der Waals surface area contributed by atoms with Crippen molar-refractivity contribution in [2.45, 2.75) is 0 Å². The number of aromatic nitrogens is 1. The first kappa shape index (κ1) is 13.2. The molecule has 3 rings (SSSR count). The summed E-state index contributed by atoms with van der Waals surface area (Å²) in [4.78, 5) is 4.40. The van der Waals surface area contributed by atoms with Gasteiger partial charge in [-0.25, -0.2) is 4.98 Å². The van der Waals surface area contributed by atoms with Crippen LogP contribution in [-0.4, -0.2) is 19.2 Å². The smallest absolute Gasteiger partial charge is 0.220 e. The molecule has 0 aliphatic heterocycles. The molecule has 0 radical (unpaired) electrons. The van der Waals surface area contributed by atoms with Crippen LogP contribution in [0.3, 0.4) is 0 Å². The van der Waals surface area contributed by atoms with Gasteiger partial charge in [-0.15, -0.1) is 0 Å². The van der Waals surface area contributed by atoms with Gasteiger partial charge in [0.2, 0.25) is 5.89 Å². The number of fused-ring (bicyclic) bond motifs is 1. The van der Waals surface area contributed by atoms with Gasteiger partial charge in [0.05, 0.1) is 14.2 Å². The maximum atomic E-state index is 5.65. The molecule has 0 atom stereocenters. The summed E-state index contributed by atoms with van der Waals surface area (Å²) in [5.41, 5.74) is 2.52. The molecule has 106 valence electrons. The molecule has 1 aromatic heterocycles. The number of ether oxygens (including phenoxy) is 2. The minimum absolute atomic E-state index is 0.557. The third-order valence-electron chi connectivity index (χ3n) is 3.15. The fourth-order valence-electron chi connectivity index (χ4n) is 2.09. The van der Waals surface area contributed by atoms with Crippen LogP contribution in [0.5, 0.6) is 11.5 Å². The molecule has 0 spiro atoms. The number of para-hydroxylation sites is 2. The lowest BCUT2D eigenvalue weighted by molar-refractivity contribution is 0.402. The summed E-state index contributed by atoms with van der Waals surface area (Å²) in [5.74, 6) is 2.09. The van der Waals surface area contributed by atoms with Crippen molar-refractivity contribution in [3.05, 3.63) is 53.9 Å². The van der Waals surface area contributed by atoms with E-state index in [0.717, 1.165) is 28.2 Å². The predicted molar refractivity (Wildman–Crippen MR) is 82.5 cm³/mol. The van der Waals surface area contributed by atoms with E-state index in [1.165, 1.54) is 0 Å². The molecule has 0 fully saturated rings. The van der Waals surface area contributed by atoms with E-state index in [9.17, 15) is 0 Å². The van der Waals surface area contributed by atoms with Gasteiger partial charge in [-0.1, -0.05) is 12.1 Å². The maximum Gasteiger partial charge on any atom is 0.220 e. The SMILES string of the molecule is COc1ccc(OC)c(/C=C/c2nc3ccccc3o2)c1. The van der Waals surface area contributed by atoms with E-state index >= 15 is 0 Å². The van der Waals surface area contributed by atoms with Crippen molar-refractivity contribution in [2.75, 3.05) is 14.2 Å². The Labute approximate surface area is 122 Å². The average Bonchev–Trinajstić information content (AvgIpc) is 2.95. The van der Waals surface area contributed by atoms with E-state index in [1.54, 1.807) is 14.2 Å². The second-order valence-corrected chi connectivity index (χ2v) is 4.46. The zero-order chi connectivity index (χ0) is 14.7. The summed E-state index contributed by atoms with van der Waals surface area (Å²) in [6.07, 6.45) is 3.71. The Morgan fingerprint density at radius 2 is 1.86 bits per heavy atom. The molecule has 21 heavy (non-hydrogen) atoms. The molecule has 3 aromatic rings. The van der Waals surface area contributed by atoms with E-state index in [1.807, 2.05) is 54.6 Å². The van der Waals surface area contributed by atoms with Crippen molar-refractivity contribution in [2.24, 2.45) is 0 Å². The molecule has 0 aliphatic carbocycles. The van der Waals surface area contributed by atoms with E-state index < -0.39 is 0 Å². The summed E-state index contributed by atoms with van der Waals surface area (Å²) in [7, 11) is 3.27. The molecule has 0 unspecified atom stereocenters. The highest BCUT2D eigenvalue weighted by molar-refractivity contribution is 5.77. The van der Waals surface area contributed by atoms with Crippen LogP contribution in [0.1, 0.15) is 11.5 Å². The summed E-state index contributed by atoms with van der Waals surface area (Å²) in [6, 6.07) is 13.3. The Morgan fingerprint density at radius 1 is 1.00 bits per heavy atom. The van der Waals surface area contributed by atoms with Gasteiger partial charge in [0.25, 0.3) is 0 Å². The van der Waals surface area contributed by atoms with E-state index in [2.05, 4.69) is 4.98 Å². The van der Waals surface area contributed by atoms with Crippen LogP contribution in [0.2, 0.25) is 0 Å². The third kappa shape index (κ3) is 2.74. The topological polar surface area (TPSA) is 44.5 Å². The summed E-state index contributed by atoms with van der Waals surface area (Å²) in [6.45, 7) is 0. The zero-order valence-electron chi connectivity index (χ0n) is 11.9. The number of methoxy groups -OCH3 is 2. The first-order chi connectivity index (χ1) is 10.3. The predicted octanol–water partition coefficient (Wildman–Crippen LogP) is 4.02. The largest absolute Gasteiger partial charge is 0.497 e. The second kappa shape index (κ2) is 5.71. The highest BCUT2D eigenvalue weighted by atomic mass is 16.5. The van der Waals surface area contributed by atoms with Crippen molar-refractivity contribution < 1.29 is 13.9 Å². The lowest BCUT2D eigenvalue weighted by Gasteiger charge is -2.06.